The van der Waals surface area contributed by atoms with Crippen LogP contribution in [0.15, 0.2) is 12.3 Å². The van der Waals surface area contributed by atoms with E-state index in [2.05, 4.69) is 9.72 Å². The van der Waals surface area contributed by atoms with E-state index >= 15 is 0 Å². The van der Waals surface area contributed by atoms with Gasteiger partial charge in [0.25, 0.3) is 0 Å². The smallest absolute Gasteiger partial charge is 0.422 e. The van der Waals surface area contributed by atoms with Crippen molar-refractivity contribution in [3.63, 3.8) is 0 Å². The largest absolute Gasteiger partial charge is 0.468 e. The molecule has 0 spiro atoms. The molecule has 0 unspecified atom stereocenters. The van der Waals surface area contributed by atoms with Crippen LogP contribution < -0.4 is 16.2 Å². The molecule has 0 aromatic carbocycles. The number of hydrogen-bond donors (Lipinski definition) is 2. The van der Waals surface area contributed by atoms with E-state index in [-0.39, 0.29) is 17.3 Å². The van der Waals surface area contributed by atoms with Gasteiger partial charge in [-0.05, 0) is 0 Å². The first-order chi connectivity index (χ1) is 6.38. The second kappa shape index (κ2) is 3.60. The van der Waals surface area contributed by atoms with E-state index in [0.717, 1.165) is 12.3 Å². The molecule has 78 valence electrons. The SMILES string of the molecule is Nc1cnc(OCC(F)(F)F)cc1N. The Labute approximate surface area is 77.7 Å². The minimum absolute atomic E-state index is 0.136. The zero-order chi connectivity index (χ0) is 10.8. The van der Waals surface area contributed by atoms with Crippen LogP contribution in [0.3, 0.4) is 0 Å². The van der Waals surface area contributed by atoms with Crippen molar-refractivity contribution in [1.82, 2.24) is 4.98 Å². The molecule has 1 aromatic rings. The fourth-order valence-corrected chi connectivity index (χ4v) is 0.696. The summed E-state index contributed by atoms with van der Waals surface area (Å²) in [6.45, 7) is -1.40. The summed E-state index contributed by atoms with van der Waals surface area (Å²) in [5.41, 5.74) is 11.0. The summed E-state index contributed by atoms with van der Waals surface area (Å²) in [5.74, 6) is -0.200. The van der Waals surface area contributed by atoms with Crippen molar-refractivity contribution in [2.24, 2.45) is 0 Å². The van der Waals surface area contributed by atoms with Crippen molar-refractivity contribution in [2.45, 2.75) is 6.18 Å². The predicted octanol–water partition coefficient (Wildman–Crippen LogP) is 1.19. The van der Waals surface area contributed by atoms with Crippen molar-refractivity contribution in [2.75, 3.05) is 18.1 Å². The maximum atomic E-state index is 11.7. The van der Waals surface area contributed by atoms with Gasteiger partial charge in [-0.1, -0.05) is 0 Å². The molecule has 1 heterocycles. The Bertz CT molecular complexity index is 326. The summed E-state index contributed by atoms with van der Waals surface area (Å²) >= 11 is 0. The molecule has 4 nitrogen and oxygen atoms in total. The van der Waals surface area contributed by atoms with E-state index in [4.69, 9.17) is 11.5 Å². The van der Waals surface area contributed by atoms with Crippen molar-refractivity contribution >= 4 is 11.4 Å². The molecule has 0 amide bonds. The highest BCUT2D eigenvalue weighted by atomic mass is 19.4. The van der Waals surface area contributed by atoms with Crippen LogP contribution in [-0.2, 0) is 0 Å². The van der Waals surface area contributed by atoms with Crippen LogP contribution in [0.4, 0.5) is 24.5 Å². The quantitative estimate of drug-likeness (QED) is 0.763. The zero-order valence-electron chi connectivity index (χ0n) is 7.01. The average Bonchev–Trinajstić information content (AvgIpc) is 2.06. The third-order valence-electron chi connectivity index (χ3n) is 1.33. The first-order valence-corrected chi connectivity index (χ1v) is 3.59. The number of hydrogen-bond acceptors (Lipinski definition) is 4. The molecule has 0 fully saturated rings. The number of aromatic nitrogens is 1. The van der Waals surface area contributed by atoms with Crippen LogP contribution in [-0.4, -0.2) is 17.8 Å². The number of rotatable bonds is 2. The molecular weight excluding hydrogens is 199 g/mol. The molecule has 0 aliphatic carbocycles. The van der Waals surface area contributed by atoms with Gasteiger partial charge in [0, 0.05) is 6.07 Å². The maximum absolute atomic E-state index is 11.7. The summed E-state index contributed by atoms with van der Waals surface area (Å²) in [6, 6.07) is 1.14. The summed E-state index contributed by atoms with van der Waals surface area (Å²) in [4.78, 5) is 3.51. The monoisotopic (exact) mass is 207 g/mol. The van der Waals surface area contributed by atoms with Gasteiger partial charge in [0.05, 0.1) is 17.6 Å². The van der Waals surface area contributed by atoms with Gasteiger partial charge in [-0.3, -0.25) is 0 Å². The molecule has 0 aliphatic rings. The average molecular weight is 207 g/mol. The maximum Gasteiger partial charge on any atom is 0.422 e. The third-order valence-corrected chi connectivity index (χ3v) is 1.33. The van der Waals surface area contributed by atoms with Gasteiger partial charge in [-0.2, -0.15) is 13.2 Å². The van der Waals surface area contributed by atoms with Crippen molar-refractivity contribution in [1.29, 1.82) is 0 Å². The number of nitrogen functional groups attached to an aromatic ring is 2. The Morgan fingerprint density at radius 2 is 1.93 bits per heavy atom. The highest BCUT2D eigenvalue weighted by molar-refractivity contribution is 5.62. The highest BCUT2D eigenvalue weighted by Gasteiger charge is 2.28. The molecule has 7 heteroatoms. The molecule has 1 aromatic heterocycles. The van der Waals surface area contributed by atoms with E-state index in [1.165, 1.54) is 0 Å². The zero-order valence-corrected chi connectivity index (χ0v) is 7.01. The van der Waals surface area contributed by atoms with E-state index in [1.807, 2.05) is 0 Å². The van der Waals surface area contributed by atoms with Gasteiger partial charge >= 0.3 is 6.18 Å². The molecule has 0 aliphatic heterocycles. The van der Waals surface area contributed by atoms with Crippen LogP contribution in [0, 0.1) is 0 Å². The van der Waals surface area contributed by atoms with Crippen LogP contribution >= 0.6 is 0 Å². The van der Waals surface area contributed by atoms with Crippen molar-refractivity contribution in [3.8, 4) is 5.88 Å². The Balaban J connectivity index is 2.65. The molecular formula is C7H8F3N3O. The summed E-state index contributed by atoms with van der Waals surface area (Å²) in [7, 11) is 0. The summed E-state index contributed by atoms with van der Waals surface area (Å²) in [5, 5.41) is 0. The first kappa shape index (κ1) is 10.4. The third kappa shape index (κ3) is 3.00. The van der Waals surface area contributed by atoms with Crippen molar-refractivity contribution < 1.29 is 17.9 Å². The number of ether oxygens (including phenoxy) is 1. The Morgan fingerprint density at radius 3 is 2.43 bits per heavy atom. The molecule has 0 saturated heterocycles. The molecule has 14 heavy (non-hydrogen) atoms. The number of alkyl halides is 3. The Morgan fingerprint density at radius 1 is 1.29 bits per heavy atom. The van der Waals surface area contributed by atoms with E-state index in [1.54, 1.807) is 0 Å². The molecule has 0 bridgehead atoms. The minimum Gasteiger partial charge on any atom is -0.468 e. The first-order valence-electron chi connectivity index (χ1n) is 3.59. The van der Waals surface area contributed by atoms with E-state index < -0.39 is 12.8 Å². The highest BCUT2D eigenvalue weighted by Crippen LogP contribution is 2.21. The molecule has 4 N–H and O–H groups in total. The second-order valence-electron chi connectivity index (χ2n) is 2.56. The van der Waals surface area contributed by atoms with Gasteiger partial charge in [0.15, 0.2) is 6.61 Å². The lowest BCUT2D eigenvalue weighted by Crippen LogP contribution is -2.19. The molecule has 1 rings (SSSR count). The van der Waals surface area contributed by atoms with Crippen LogP contribution in [0.2, 0.25) is 0 Å². The summed E-state index contributed by atoms with van der Waals surface area (Å²) < 4.78 is 39.5. The number of anilines is 2. The van der Waals surface area contributed by atoms with Gasteiger partial charge < -0.3 is 16.2 Å². The molecule has 0 saturated carbocycles. The lowest BCUT2D eigenvalue weighted by molar-refractivity contribution is -0.154. The fraction of sp³-hybridized carbons (Fsp3) is 0.286. The lowest BCUT2D eigenvalue weighted by atomic mass is 10.3. The topological polar surface area (TPSA) is 74.2 Å². The van der Waals surface area contributed by atoms with E-state index in [0.29, 0.717) is 0 Å². The van der Waals surface area contributed by atoms with Gasteiger partial charge in [0.1, 0.15) is 0 Å². The normalized spacial score (nSPS) is 11.4. The minimum atomic E-state index is -4.39. The standard InChI is InChI=1S/C7H8F3N3O/c8-7(9,10)3-14-6-1-4(11)5(12)2-13-6/h1-2H,3,12H2,(H2,11,13). The van der Waals surface area contributed by atoms with E-state index in [9.17, 15) is 13.2 Å². The van der Waals surface area contributed by atoms with Crippen LogP contribution in [0.5, 0.6) is 5.88 Å². The number of halogens is 3. The van der Waals surface area contributed by atoms with Gasteiger partial charge in [-0.25, -0.2) is 4.98 Å². The lowest BCUT2D eigenvalue weighted by Gasteiger charge is -2.08. The van der Waals surface area contributed by atoms with Crippen molar-refractivity contribution in [3.05, 3.63) is 12.3 Å². The summed E-state index contributed by atoms with van der Waals surface area (Å²) in [6.07, 6.45) is -3.25. The second-order valence-corrected chi connectivity index (χ2v) is 2.56. The number of nitrogens with two attached hydrogens (primary N) is 2. The van der Waals surface area contributed by atoms with Gasteiger partial charge in [-0.15, -0.1) is 0 Å². The predicted molar refractivity (Wildman–Crippen MR) is 44.6 cm³/mol. The van der Waals surface area contributed by atoms with Crippen LogP contribution in [0.25, 0.3) is 0 Å². The Hall–Kier alpha value is -1.66. The Kier molecular flexibility index (Phi) is 2.68. The number of pyridine rings is 1. The van der Waals surface area contributed by atoms with Gasteiger partial charge in [0.2, 0.25) is 5.88 Å². The molecule has 0 atom stereocenters. The van der Waals surface area contributed by atoms with Crippen LogP contribution in [0.1, 0.15) is 0 Å². The fourth-order valence-electron chi connectivity index (χ4n) is 0.696. The number of nitrogens with zero attached hydrogens (tertiary/aromatic N) is 1. The molecule has 0 radical (unpaired) electrons.